The average molecular weight is 537 g/mol. The highest BCUT2D eigenvalue weighted by atomic mass is 19.4. The predicted molar refractivity (Wildman–Crippen MR) is 63.1 cm³/mol. The van der Waals surface area contributed by atoms with Gasteiger partial charge in [-0.2, -0.15) is 74.6 Å². The summed E-state index contributed by atoms with van der Waals surface area (Å²) in [4.78, 5) is 13.9. The van der Waals surface area contributed by atoms with Gasteiger partial charge < -0.3 is 4.84 Å². The van der Waals surface area contributed by atoms with Crippen molar-refractivity contribution in [1.29, 1.82) is 0 Å². The molecule has 5 nitrogen and oxygen atoms in total. The molecule has 0 spiro atoms. The van der Waals surface area contributed by atoms with Gasteiger partial charge in [-0.15, -0.1) is 0 Å². The maximum Gasteiger partial charge on any atom is 0.462 e. The van der Waals surface area contributed by atoms with Crippen molar-refractivity contribution >= 4 is 12.2 Å². The Kier molecular flexibility index (Phi) is 8.03. The third kappa shape index (κ3) is 5.51. The fourth-order valence-electron chi connectivity index (χ4n) is 1.30. The van der Waals surface area contributed by atoms with Crippen LogP contribution >= 0.6 is 0 Å². The third-order valence-electron chi connectivity index (χ3n) is 2.87. The number of hydrogen-bond acceptors (Lipinski definition) is 5. The van der Waals surface area contributed by atoms with Crippen LogP contribution in [0.15, 0.2) is 5.16 Å². The van der Waals surface area contributed by atoms with Crippen molar-refractivity contribution in [1.82, 2.24) is 0 Å². The Morgan fingerprint density at radius 3 is 1.36 bits per heavy atom. The van der Waals surface area contributed by atoms with Gasteiger partial charge in [-0.3, -0.25) is 9.47 Å². The summed E-state index contributed by atoms with van der Waals surface area (Å²) in [6.45, 7) is 0.698. The summed E-state index contributed by atoms with van der Waals surface area (Å²) in [6.07, 6.45) is -38.5. The predicted octanol–water partition coefficient (Wildman–Crippen LogP) is 5.41. The lowest BCUT2D eigenvalue weighted by molar-refractivity contribution is -0.548. The molecular formula is C11H4F17NO4. The second-order valence-corrected chi connectivity index (χ2v) is 5.24. The minimum Gasteiger partial charge on any atom is -0.312 e. The van der Waals surface area contributed by atoms with E-state index in [0.29, 0.717) is 6.92 Å². The highest BCUT2D eigenvalue weighted by Crippen LogP contribution is 2.56. The van der Waals surface area contributed by atoms with Gasteiger partial charge >= 0.3 is 54.3 Å². The highest BCUT2D eigenvalue weighted by molar-refractivity contribution is 5.79. The molecular weight excluding hydrogens is 533 g/mol. The lowest BCUT2D eigenvalue weighted by Gasteiger charge is -2.39. The van der Waals surface area contributed by atoms with Crippen LogP contribution in [0, 0.1) is 0 Å². The van der Waals surface area contributed by atoms with E-state index < -0.39 is 54.3 Å². The summed E-state index contributed by atoms with van der Waals surface area (Å²) in [5.41, 5.74) is 0. The largest absolute Gasteiger partial charge is 0.462 e. The van der Waals surface area contributed by atoms with Gasteiger partial charge in [0.25, 0.3) is 0 Å². The zero-order valence-electron chi connectivity index (χ0n) is 14.6. The molecule has 0 amide bonds. The number of ether oxygens (including phenoxy) is 2. The Hall–Kier alpha value is -2.13. The van der Waals surface area contributed by atoms with Crippen LogP contribution in [-0.2, 0) is 19.1 Å². The molecule has 0 fully saturated rings. The van der Waals surface area contributed by atoms with Crippen molar-refractivity contribution in [2.24, 2.45) is 5.16 Å². The second kappa shape index (κ2) is 8.58. The summed E-state index contributed by atoms with van der Waals surface area (Å²) < 4.78 is 221. The van der Waals surface area contributed by atoms with Crippen molar-refractivity contribution in [2.75, 3.05) is 0 Å². The SMILES string of the molecule is C/C=N/OC(=O)[C@](F)(OC(F)(F)[C@](F)(OC(F)(F)C(F)(F)C(F)(F)F)C(F)(F)F)C(F)(F)F. The van der Waals surface area contributed by atoms with Gasteiger partial charge in [-0.05, 0) is 6.92 Å². The smallest absolute Gasteiger partial charge is 0.312 e. The Morgan fingerprint density at radius 1 is 0.636 bits per heavy atom. The van der Waals surface area contributed by atoms with Crippen molar-refractivity contribution in [3.63, 3.8) is 0 Å². The zero-order valence-corrected chi connectivity index (χ0v) is 14.6. The molecule has 0 saturated carbocycles. The normalized spacial score (nSPS) is 18.7. The van der Waals surface area contributed by atoms with Crippen molar-refractivity contribution < 1.29 is 93.7 Å². The van der Waals surface area contributed by atoms with E-state index in [1.807, 2.05) is 0 Å². The van der Waals surface area contributed by atoms with E-state index in [2.05, 4.69) is 9.99 Å². The lowest BCUT2D eigenvalue weighted by Crippen LogP contribution is -2.68. The molecule has 0 N–H and O–H groups in total. The fourth-order valence-corrected chi connectivity index (χ4v) is 1.30. The molecule has 0 heterocycles. The number of alkyl halides is 17. The van der Waals surface area contributed by atoms with E-state index in [0.717, 1.165) is 0 Å². The molecule has 0 saturated heterocycles. The first-order chi connectivity index (χ1) is 14.1. The Morgan fingerprint density at radius 2 is 1.06 bits per heavy atom. The monoisotopic (exact) mass is 537 g/mol. The number of carbonyl (C=O) groups is 1. The Bertz CT molecular complexity index is 741. The number of nitrogens with zero attached hydrogens (tertiary/aromatic N) is 1. The standard InChI is InChI=1S/C11H4F17NO4/c1-2-29-31-3(30)4(12,7(16,17)18)32-11(27,28)6(15,9(22,23)24)33-10(25,26)5(13,14)8(19,20)21/h2H,1H3/b29-2+/t4-,6+/m0/s1. The lowest BCUT2D eigenvalue weighted by atomic mass is 10.2. The molecule has 2 atom stereocenters. The summed E-state index contributed by atoms with van der Waals surface area (Å²) in [5, 5.41) is 2.08. The van der Waals surface area contributed by atoms with Crippen LogP contribution in [0.1, 0.15) is 6.92 Å². The molecule has 0 radical (unpaired) electrons. The summed E-state index contributed by atoms with van der Waals surface area (Å²) >= 11 is 0. The summed E-state index contributed by atoms with van der Waals surface area (Å²) in [5.74, 6) is -26.7. The molecule has 22 heteroatoms. The molecule has 0 unspecified atom stereocenters. The van der Waals surface area contributed by atoms with Gasteiger partial charge in [0.1, 0.15) is 0 Å². The number of hydrogen-bond donors (Lipinski definition) is 0. The maximum atomic E-state index is 13.8. The van der Waals surface area contributed by atoms with Crippen LogP contribution in [0.3, 0.4) is 0 Å². The molecule has 0 rings (SSSR count). The van der Waals surface area contributed by atoms with Crippen molar-refractivity contribution in [2.45, 2.75) is 55.3 Å². The fraction of sp³-hybridized carbons (Fsp3) is 0.818. The van der Waals surface area contributed by atoms with Gasteiger partial charge in [0.15, 0.2) is 0 Å². The zero-order chi connectivity index (χ0) is 27.1. The molecule has 0 bridgehead atoms. The van der Waals surface area contributed by atoms with E-state index >= 15 is 0 Å². The van der Waals surface area contributed by atoms with E-state index in [4.69, 9.17) is 0 Å². The maximum absolute atomic E-state index is 13.8. The Balaban J connectivity index is 6.73. The minimum atomic E-state index is -8.07. The van der Waals surface area contributed by atoms with Crippen LogP contribution in [-0.4, -0.2) is 60.6 Å². The second-order valence-electron chi connectivity index (χ2n) is 5.24. The van der Waals surface area contributed by atoms with E-state index in [-0.39, 0.29) is 6.21 Å². The number of rotatable bonds is 8. The first-order valence-electron chi connectivity index (χ1n) is 6.96. The molecule has 0 aliphatic carbocycles. The quantitative estimate of drug-likeness (QED) is 0.180. The number of halogens is 17. The van der Waals surface area contributed by atoms with Gasteiger partial charge in [-0.1, -0.05) is 5.16 Å². The van der Waals surface area contributed by atoms with E-state index in [1.165, 1.54) is 4.74 Å². The summed E-state index contributed by atoms with van der Waals surface area (Å²) in [6, 6.07) is 0. The number of carbonyl (C=O) groups excluding carboxylic acids is 1. The van der Waals surface area contributed by atoms with Crippen LogP contribution in [0.2, 0.25) is 0 Å². The van der Waals surface area contributed by atoms with E-state index in [1.54, 1.807) is 4.74 Å². The van der Waals surface area contributed by atoms with Gasteiger partial charge in [0, 0.05) is 6.21 Å². The molecule has 0 aromatic rings. The van der Waals surface area contributed by atoms with Gasteiger partial charge in [-0.25, -0.2) is 4.79 Å². The topological polar surface area (TPSA) is 57.1 Å². The van der Waals surface area contributed by atoms with Crippen LogP contribution < -0.4 is 0 Å². The molecule has 0 aromatic heterocycles. The minimum absolute atomic E-state index is 0.185. The molecule has 0 aliphatic heterocycles. The van der Waals surface area contributed by atoms with Crippen molar-refractivity contribution in [3.05, 3.63) is 0 Å². The van der Waals surface area contributed by atoms with Crippen LogP contribution in [0.4, 0.5) is 74.6 Å². The van der Waals surface area contributed by atoms with Gasteiger partial charge in [0.2, 0.25) is 0 Å². The van der Waals surface area contributed by atoms with E-state index in [9.17, 15) is 79.4 Å². The van der Waals surface area contributed by atoms with Gasteiger partial charge in [0.05, 0.1) is 0 Å². The molecule has 0 aliphatic rings. The summed E-state index contributed by atoms with van der Waals surface area (Å²) in [7, 11) is 0. The van der Waals surface area contributed by atoms with Crippen LogP contribution in [0.5, 0.6) is 0 Å². The third-order valence-corrected chi connectivity index (χ3v) is 2.87. The average Bonchev–Trinajstić information content (AvgIpc) is 2.55. The Labute approximate surface area is 168 Å². The number of oxime groups is 1. The van der Waals surface area contributed by atoms with Crippen LogP contribution in [0.25, 0.3) is 0 Å². The van der Waals surface area contributed by atoms with Crippen molar-refractivity contribution in [3.8, 4) is 0 Å². The molecule has 33 heavy (non-hydrogen) atoms. The molecule has 0 aromatic carbocycles. The first kappa shape index (κ1) is 30.9. The first-order valence-corrected chi connectivity index (χ1v) is 6.96. The molecule has 196 valence electrons. The highest BCUT2D eigenvalue weighted by Gasteiger charge is 2.85.